The van der Waals surface area contributed by atoms with E-state index in [9.17, 15) is 29.8 Å². The van der Waals surface area contributed by atoms with E-state index in [2.05, 4.69) is 4.74 Å². The molecule has 0 aliphatic carbocycles. The first-order valence-corrected chi connectivity index (χ1v) is 5.88. The van der Waals surface area contributed by atoms with E-state index < -0.39 is 45.5 Å². The molecule has 1 aromatic rings. The lowest BCUT2D eigenvalue weighted by molar-refractivity contribution is -0.394. The monoisotopic (exact) mass is 296 g/mol. The number of benzene rings is 1. The smallest absolute Gasteiger partial charge is 0.375 e. The van der Waals surface area contributed by atoms with Gasteiger partial charge in [-0.05, 0) is 19.9 Å². The van der Waals surface area contributed by atoms with Crippen LogP contribution in [0.25, 0.3) is 0 Å². The largest absolute Gasteiger partial charge is 0.457 e. The second kappa shape index (κ2) is 6.55. The van der Waals surface area contributed by atoms with Gasteiger partial charge in [0.15, 0.2) is 0 Å². The molecule has 112 valence electrons. The summed E-state index contributed by atoms with van der Waals surface area (Å²) < 4.78 is 4.68. The molecule has 0 unspecified atom stereocenters. The third kappa shape index (κ3) is 4.34. The Morgan fingerprint density at radius 3 is 2.29 bits per heavy atom. The number of nitrogens with zero attached hydrogens (tertiary/aromatic N) is 2. The van der Waals surface area contributed by atoms with Crippen molar-refractivity contribution in [2.24, 2.45) is 0 Å². The van der Waals surface area contributed by atoms with Crippen molar-refractivity contribution in [2.75, 3.05) is 0 Å². The molecule has 0 aromatic heterocycles. The molecule has 0 amide bonds. The Kier molecular flexibility index (Phi) is 5.06. The normalized spacial score (nSPS) is 10.2. The number of Topliss-reactive ketones (excluding diaryl/α,β-unsaturated/α-hetero) is 1. The molecular formula is C12H12N2O7. The maximum atomic E-state index is 11.6. The van der Waals surface area contributed by atoms with Gasteiger partial charge >= 0.3 is 5.97 Å². The quantitative estimate of drug-likeness (QED) is 0.337. The molecule has 0 spiro atoms. The highest BCUT2D eigenvalue weighted by Crippen LogP contribution is 2.25. The molecule has 0 bridgehead atoms. The second-order valence-corrected chi connectivity index (χ2v) is 4.38. The highest BCUT2D eigenvalue weighted by molar-refractivity contribution is 6.34. The third-order valence-corrected chi connectivity index (χ3v) is 2.40. The van der Waals surface area contributed by atoms with Crippen LogP contribution in [0.4, 0.5) is 11.4 Å². The number of ketones is 1. The fourth-order valence-electron chi connectivity index (χ4n) is 1.51. The van der Waals surface area contributed by atoms with Crippen LogP contribution in [0.15, 0.2) is 18.2 Å². The average molecular weight is 296 g/mol. The standard InChI is InChI=1S/C12H12N2O7/c1-7(2)21-12(16)11(15)5-8-3-4-9(13(17)18)6-10(8)14(19)20/h3-4,6-7H,5H2,1-2H3. The molecule has 9 heteroatoms. The zero-order chi connectivity index (χ0) is 16.2. The van der Waals surface area contributed by atoms with Crippen molar-refractivity contribution in [1.29, 1.82) is 0 Å². The Morgan fingerprint density at radius 1 is 1.19 bits per heavy atom. The summed E-state index contributed by atoms with van der Waals surface area (Å²) in [5.41, 5.74) is -1.14. The van der Waals surface area contributed by atoms with Gasteiger partial charge in [-0.3, -0.25) is 25.0 Å². The minimum atomic E-state index is -1.10. The Balaban J connectivity index is 3.03. The van der Waals surface area contributed by atoms with Gasteiger partial charge < -0.3 is 4.74 Å². The molecule has 0 atom stereocenters. The molecule has 0 N–H and O–H groups in total. The summed E-state index contributed by atoms with van der Waals surface area (Å²) in [6, 6.07) is 2.86. The number of rotatable bonds is 6. The van der Waals surface area contributed by atoms with E-state index in [1.807, 2.05) is 0 Å². The number of non-ortho nitro benzene ring substituents is 1. The molecule has 0 fully saturated rings. The first-order chi connectivity index (χ1) is 9.72. The second-order valence-electron chi connectivity index (χ2n) is 4.38. The van der Waals surface area contributed by atoms with Crippen LogP contribution in [0.1, 0.15) is 19.4 Å². The van der Waals surface area contributed by atoms with Gasteiger partial charge in [0.05, 0.1) is 22.0 Å². The molecule has 0 radical (unpaired) electrons. The van der Waals surface area contributed by atoms with Gasteiger partial charge in [-0.2, -0.15) is 0 Å². The van der Waals surface area contributed by atoms with E-state index in [0.717, 1.165) is 18.2 Å². The average Bonchev–Trinajstić information content (AvgIpc) is 2.37. The van der Waals surface area contributed by atoms with E-state index in [1.54, 1.807) is 13.8 Å². The van der Waals surface area contributed by atoms with Crippen molar-refractivity contribution in [1.82, 2.24) is 0 Å². The minimum absolute atomic E-state index is 0.0868. The number of hydrogen-bond acceptors (Lipinski definition) is 7. The first-order valence-electron chi connectivity index (χ1n) is 5.88. The maximum Gasteiger partial charge on any atom is 0.375 e. The van der Waals surface area contributed by atoms with E-state index >= 15 is 0 Å². The van der Waals surface area contributed by atoms with E-state index in [4.69, 9.17) is 0 Å². The zero-order valence-corrected chi connectivity index (χ0v) is 11.3. The summed E-state index contributed by atoms with van der Waals surface area (Å²) in [5.74, 6) is -2.06. The zero-order valence-electron chi connectivity index (χ0n) is 11.3. The molecule has 9 nitrogen and oxygen atoms in total. The van der Waals surface area contributed by atoms with Crippen LogP contribution in [0.5, 0.6) is 0 Å². The molecule has 1 rings (SSSR count). The summed E-state index contributed by atoms with van der Waals surface area (Å²) in [6.07, 6.45) is -1.05. The van der Waals surface area contributed by atoms with Gasteiger partial charge in [0.2, 0.25) is 5.78 Å². The number of carbonyl (C=O) groups is 2. The van der Waals surface area contributed by atoms with Crippen LogP contribution < -0.4 is 0 Å². The molecule has 1 aromatic carbocycles. The third-order valence-electron chi connectivity index (χ3n) is 2.40. The van der Waals surface area contributed by atoms with Gasteiger partial charge in [-0.15, -0.1) is 0 Å². The van der Waals surface area contributed by atoms with Crippen LogP contribution in [0, 0.1) is 20.2 Å². The molecule has 0 saturated heterocycles. The van der Waals surface area contributed by atoms with E-state index in [0.29, 0.717) is 0 Å². The molecule has 0 aliphatic rings. The van der Waals surface area contributed by atoms with Crippen LogP contribution >= 0.6 is 0 Å². The predicted molar refractivity (Wildman–Crippen MR) is 69.7 cm³/mol. The number of ether oxygens (including phenoxy) is 1. The molecular weight excluding hydrogens is 284 g/mol. The summed E-state index contributed by atoms with van der Waals surface area (Å²) in [5, 5.41) is 21.5. The Morgan fingerprint density at radius 2 is 1.81 bits per heavy atom. The van der Waals surface area contributed by atoms with Gasteiger partial charge in [-0.25, -0.2) is 4.79 Å². The summed E-state index contributed by atoms with van der Waals surface area (Å²) in [6.45, 7) is 3.11. The highest BCUT2D eigenvalue weighted by Gasteiger charge is 2.24. The Bertz CT molecular complexity index is 610. The molecule has 0 saturated carbocycles. The number of esters is 1. The highest BCUT2D eigenvalue weighted by atomic mass is 16.6. The Hall–Kier alpha value is -2.84. The topological polar surface area (TPSA) is 130 Å². The summed E-state index contributed by atoms with van der Waals surface area (Å²) in [4.78, 5) is 42.8. The van der Waals surface area contributed by atoms with Crippen LogP contribution in [0.2, 0.25) is 0 Å². The lowest BCUT2D eigenvalue weighted by Gasteiger charge is -2.07. The van der Waals surface area contributed by atoms with Crippen LogP contribution in [-0.4, -0.2) is 27.7 Å². The van der Waals surface area contributed by atoms with Crippen molar-refractivity contribution in [3.63, 3.8) is 0 Å². The minimum Gasteiger partial charge on any atom is -0.457 e. The maximum absolute atomic E-state index is 11.6. The van der Waals surface area contributed by atoms with E-state index in [-0.39, 0.29) is 5.56 Å². The summed E-state index contributed by atoms with van der Waals surface area (Å²) in [7, 11) is 0. The van der Waals surface area contributed by atoms with Crippen LogP contribution in [0.3, 0.4) is 0 Å². The lowest BCUT2D eigenvalue weighted by atomic mass is 10.1. The fourth-order valence-corrected chi connectivity index (χ4v) is 1.51. The van der Waals surface area contributed by atoms with Gasteiger partial charge in [0.1, 0.15) is 0 Å². The van der Waals surface area contributed by atoms with Gasteiger partial charge in [0, 0.05) is 18.1 Å². The van der Waals surface area contributed by atoms with Gasteiger partial charge in [0.25, 0.3) is 11.4 Å². The SMILES string of the molecule is CC(C)OC(=O)C(=O)Cc1ccc([N+](=O)[O-])cc1[N+](=O)[O-]. The van der Waals surface area contributed by atoms with Crippen molar-refractivity contribution in [3.8, 4) is 0 Å². The van der Waals surface area contributed by atoms with Crippen molar-refractivity contribution < 1.29 is 24.2 Å². The van der Waals surface area contributed by atoms with E-state index in [1.165, 1.54) is 0 Å². The number of nitro benzene ring substituents is 2. The molecule has 0 aliphatic heterocycles. The Labute approximate surface area is 118 Å². The lowest BCUT2D eigenvalue weighted by Crippen LogP contribution is -2.23. The van der Waals surface area contributed by atoms with Gasteiger partial charge in [-0.1, -0.05) is 0 Å². The summed E-state index contributed by atoms with van der Waals surface area (Å²) >= 11 is 0. The first kappa shape index (κ1) is 16.2. The number of carbonyl (C=O) groups excluding carboxylic acids is 2. The number of hydrogen-bond donors (Lipinski definition) is 0. The van der Waals surface area contributed by atoms with Crippen molar-refractivity contribution in [3.05, 3.63) is 44.0 Å². The molecule has 21 heavy (non-hydrogen) atoms. The van der Waals surface area contributed by atoms with Crippen LogP contribution in [-0.2, 0) is 20.7 Å². The van der Waals surface area contributed by atoms with Crippen molar-refractivity contribution in [2.45, 2.75) is 26.4 Å². The number of nitro groups is 2. The fraction of sp³-hybridized carbons (Fsp3) is 0.333. The predicted octanol–water partition coefficient (Wildman–Crippen LogP) is 1.57. The molecule has 0 heterocycles. The van der Waals surface area contributed by atoms with Crippen molar-refractivity contribution >= 4 is 23.1 Å².